The van der Waals surface area contributed by atoms with Gasteiger partial charge in [0.15, 0.2) is 0 Å². The Morgan fingerprint density at radius 2 is 1.96 bits per heavy atom. The molecule has 0 aliphatic carbocycles. The van der Waals surface area contributed by atoms with Crippen molar-refractivity contribution in [2.45, 2.75) is 32.4 Å². The molecule has 0 amide bonds. The number of likely N-dealkylation sites (tertiary alicyclic amines) is 1. The highest BCUT2D eigenvalue weighted by atomic mass is 16.5. The average molecular weight is 364 g/mol. The van der Waals surface area contributed by atoms with Crippen LogP contribution in [0.25, 0.3) is 0 Å². The molecule has 0 bridgehead atoms. The zero-order valence-electron chi connectivity index (χ0n) is 16.2. The molecule has 1 aliphatic heterocycles. The molecule has 0 radical (unpaired) electrons. The third kappa shape index (κ3) is 6.09. The van der Waals surface area contributed by atoms with Crippen molar-refractivity contribution < 1.29 is 4.74 Å². The van der Waals surface area contributed by atoms with Crippen LogP contribution in [0.4, 0.5) is 0 Å². The molecule has 4 heteroatoms. The molecule has 0 atom stereocenters. The summed E-state index contributed by atoms with van der Waals surface area (Å²) < 4.78 is 5.90. The number of piperidine rings is 1. The summed E-state index contributed by atoms with van der Waals surface area (Å²) in [6, 6.07) is 18.0. The van der Waals surface area contributed by atoms with E-state index in [9.17, 15) is 5.26 Å². The first kappa shape index (κ1) is 19.4. The topological polar surface area (TPSA) is 48.3 Å². The van der Waals surface area contributed by atoms with Gasteiger partial charge in [0.1, 0.15) is 12.4 Å². The van der Waals surface area contributed by atoms with Crippen LogP contribution in [0.3, 0.4) is 0 Å². The monoisotopic (exact) mass is 363 g/mol. The number of benzene rings is 2. The van der Waals surface area contributed by atoms with Crippen LogP contribution in [-0.2, 0) is 13.2 Å². The number of rotatable bonds is 8. The first-order valence-electron chi connectivity index (χ1n) is 9.83. The summed E-state index contributed by atoms with van der Waals surface area (Å²) in [5, 5.41) is 12.7. The maximum absolute atomic E-state index is 9.17. The van der Waals surface area contributed by atoms with E-state index in [4.69, 9.17) is 4.74 Å². The molecule has 2 aromatic rings. The lowest BCUT2D eigenvalue weighted by Gasteiger charge is -2.28. The van der Waals surface area contributed by atoms with Gasteiger partial charge in [0.25, 0.3) is 0 Å². The van der Waals surface area contributed by atoms with Crippen LogP contribution in [-0.4, -0.2) is 31.6 Å². The van der Waals surface area contributed by atoms with Crippen molar-refractivity contribution in [2.24, 2.45) is 5.92 Å². The fourth-order valence-electron chi connectivity index (χ4n) is 3.55. The van der Waals surface area contributed by atoms with Crippen molar-refractivity contribution >= 4 is 0 Å². The van der Waals surface area contributed by atoms with Gasteiger partial charge in [0.2, 0.25) is 0 Å². The molecule has 1 aliphatic rings. The lowest BCUT2D eigenvalue weighted by Crippen LogP contribution is -2.31. The molecule has 27 heavy (non-hydrogen) atoms. The summed E-state index contributed by atoms with van der Waals surface area (Å²) in [6.45, 7) is 4.81. The Balaban J connectivity index is 1.43. The summed E-state index contributed by atoms with van der Waals surface area (Å²) in [4.78, 5) is 2.42. The smallest absolute Gasteiger partial charge is 0.120 e. The summed E-state index contributed by atoms with van der Waals surface area (Å²) in [7, 11) is 2.21. The van der Waals surface area contributed by atoms with E-state index in [1.54, 1.807) is 0 Å². The number of hydrogen-bond donors (Lipinski definition) is 1. The standard InChI is InChI=1S/C23H29N3O/c1-26-13-10-19(11-14-26)9-12-25-17-20-5-4-8-23(15-20)27-18-22-7-3-2-6-21(22)16-24/h2-8,15,19,25H,9-14,17-18H2,1H3. The van der Waals surface area contributed by atoms with Gasteiger partial charge in [0, 0.05) is 12.1 Å². The van der Waals surface area contributed by atoms with Gasteiger partial charge >= 0.3 is 0 Å². The van der Waals surface area contributed by atoms with Gasteiger partial charge in [-0.3, -0.25) is 0 Å². The largest absolute Gasteiger partial charge is 0.489 e. The first-order chi connectivity index (χ1) is 13.2. The minimum Gasteiger partial charge on any atom is -0.489 e. The second-order valence-corrected chi connectivity index (χ2v) is 7.42. The SMILES string of the molecule is CN1CCC(CCNCc2cccc(OCc3ccccc3C#N)c2)CC1. The van der Waals surface area contributed by atoms with Crippen molar-refractivity contribution in [3.05, 3.63) is 65.2 Å². The number of nitriles is 1. The van der Waals surface area contributed by atoms with Crippen LogP contribution >= 0.6 is 0 Å². The van der Waals surface area contributed by atoms with Gasteiger partial charge in [-0.25, -0.2) is 0 Å². The molecular weight excluding hydrogens is 334 g/mol. The molecule has 2 aromatic carbocycles. The van der Waals surface area contributed by atoms with Crippen LogP contribution in [0.1, 0.15) is 36.0 Å². The normalized spacial score (nSPS) is 15.4. The predicted molar refractivity (Wildman–Crippen MR) is 108 cm³/mol. The molecule has 0 spiro atoms. The highest BCUT2D eigenvalue weighted by Gasteiger charge is 2.15. The van der Waals surface area contributed by atoms with Crippen molar-refractivity contribution in [3.63, 3.8) is 0 Å². The van der Waals surface area contributed by atoms with E-state index in [1.807, 2.05) is 36.4 Å². The fourth-order valence-corrected chi connectivity index (χ4v) is 3.55. The molecule has 3 rings (SSSR count). The van der Waals surface area contributed by atoms with Crippen LogP contribution in [0.5, 0.6) is 5.75 Å². The van der Waals surface area contributed by atoms with Gasteiger partial charge < -0.3 is 15.0 Å². The van der Waals surface area contributed by atoms with Crippen LogP contribution in [0, 0.1) is 17.2 Å². The fraction of sp³-hybridized carbons (Fsp3) is 0.435. The summed E-state index contributed by atoms with van der Waals surface area (Å²) in [6.07, 6.45) is 3.91. The van der Waals surface area contributed by atoms with Gasteiger partial charge in [-0.05, 0) is 75.6 Å². The molecule has 142 valence electrons. The minimum atomic E-state index is 0.413. The lowest BCUT2D eigenvalue weighted by molar-refractivity contribution is 0.211. The Labute approximate surface area is 162 Å². The maximum Gasteiger partial charge on any atom is 0.120 e. The Hall–Kier alpha value is -2.35. The van der Waals surface area contributed by atoms with Crippen molar-refractivity contribution in [3.8, 4) is 11.8 Å². The van der Waals surface area contributed by atoms with E-state index >= 15 is 0 Å². The van der Waals surface area contributed by atoms with E-state index in [0.717, 1.165) is 30.3 Å². The average Bonchev–Trinajstić information content (AvgIpc) is 2.71. The van der Waals surface area contributed by atoms with E-state index < -0.39 is 0 Å². The number of ether oxygens (including phenoxy) is 1. The van der Waals surface area contributed by atoms with E-state index in [0.29, 0.717) is 12.2 Å². The van der Waals surface area contributed by atoms with Gasteiger partial charge in [-0.2, -0.15) is 5.26 Å². The number of nitrogens with zero attached hydrogens (tertiary/aromatic N) is 2. The van der Waals surface area contributed by atoms with Crippen molar-refractivity contribution in [2.75, 3.05) is 26.7 Å². The lowest BCUT2D eigenvalue weighted by atomic mass is 9.94. The third-order valence-electron chi connectivity index (χ3n) is 5.33. The Kier molecular flexibility index (Phi) is 7.27. The van der Waals surface area contributed by atoms with Crippen LogP contribution in [0.2, 0.25) is 0 Å². The summed E-state index contributed by atoms with van der Waals surface area (Å²) in [5.74, 6) is 1.71. The highest BCUT2D eigenvalue weighted by molar-refractivity contribution is 5.37. The summed E-state index contributed by atoms with van der Waals surface area (Å²) in [5.41, 5.74) is 2.82. The van der Waals surface area contributed by atoms with E-state index in [-0.39, 0.29) is 0 Å². The van der Waals surface area contributed by atoms with E-state index in [2.05, 4.69) is 35.5 Å². The molecule has 0 aromatic heterocycles. The number of hydrogen-bond acceptors (Lipinski definition) is 4. The molecule has 4 nitrogen and oxygen atoms in total. The number of nitrogens with one attached hydrogen (secondary N) is 1. The molecule has 1 N–H and O–H groups in total. The van der Waals surface area contributed by atoms with Gasteiger partial charge in [-0.1, -0.05) is 30.3 Å². The second-order valence-electron chi connectivity index (χ2n) is 7.42. The van der Waals surface area contributed by atoms with E-state index in [1.165, 1.54) is 37.9 Å². The Bertz CT molecular complexity index is 760. The molecule has 0 unspecified atom stereocenters. The highest BCUT2D eigenvalue weighted by Crippen LogP contribution is 2.19. The predicted octanol–water partition coefficient (Wildman–Crippen LogP) is 3.96. The van der Waals surface area contributed by atoms with Crippen LogP contribution in [0.15, 0.2) is 48.5 Å². The second kappa shape index (κ2) is 10.1. The van der Waals surface area contributed by atoms with Gasteiger partial charge in [-0.15, -0.1) is 0 Å². The quantitative estimate of drug-likeness (QED) is 0.721. The maximum atomic E-state index is 9.17. The zero-order chi connectivity index (χ0) is 18.9. The Morgan fingerprint density at radius 1 is 1.15 bits per heavy atom. The van der Waals surface area contributed by atoms with Crippen molar-refractivity contribution in [1.29, 1.82) is 5.26 Å². The van der Waals surface area contributed by atoms with Crippen LogP contribution < -0.4 is 10.1 Å². The van der Waals surface area contributed by atoms with Crippen molar-refractivity contribution in [1.82, 2.24) is 10.2 Å². The molecule has 1 saturated heterocycles. The zero-order valence-corrected chi connectivity index (χ0v) is 16.2. The Morgan fingerprint density at radius 3 is 2.78 bits per heavy atom. The molecular formula is C23H29N3O. The molecule has 1 fully saturated rings. The first-order valence-corrected chi connectivity index (χ1v) is 9.83. The third-order valence-corrected chi connectivity index (χ3v) is 5.33. The molecule has 0 saturated carbocycles. The molecule has 1 heterocycles. The van der Waals surface area contributed by atoms with Gasteiger partial charge in [0.05, 0.1) is 11.6 Å². The summed E-state index contributed by atoms with van der Waals surface area (Å²) >= 11 is 0. The minimum absolute atomic E-state index is 0.413.